The molecule has 1 aromatic heterocycles. The first-order chi connectivity index (χ1) is 11.2. The minimum atomic E-state index is 0. The van der Waals surface area contributed by atoms with Crippen LogP contribution in [0.1, 0.15) is 29.3 Å². The van der Waals surface area contributed by atoms with Crippen LogP contribution in [0.15, 0.2) is 47.6 Å². The third-order valence-electron chi connectivity index (χ3n) is 3.56. The first kappa shape index (κ1) is 20.4. The highest BCUT2D eigenvalue weighted by molar-refractivity contribution is 14.0. The molecular weight excluding hydrogens is 411 g/mol. The van der Waals surface area contributed by atoms with Crippen LogP contribution in [-0.4, -0.2) is 24.0 Å². The Bertz CT molecular complexity index is 621. The van der Waals surface area contributed by atoms with Crippen LogP contribution in [0.3, 0.4) is 0 Å². The lowest BCUT2D eigenvalue weighted by molar-refractivity contribution is 0.797. The molecule has 0 saturated carbocycles. The number of aliphatic imine (C=N–C) groups is 1. The molecule has 0 unspecified atom stereocenters. The van der Waals surface area contributed by atoms with E-state index >= 15 is 0 Å². The molecule has 2 rings (SSSR count). The average molecular weight is 438 g/mol. The second-order valence-corrected chi connectivity index (χ2v) is 5.67. The van der Waals surface area contributed by atoms with Crippen molar-refractivity contribution in [3.8, 4) is 0 Å². The minimum absolute atomic E-state index is 0. The largest absolute Gasteiger partial charge is 0.357 e. The lowest BCUT2D eigenvalue weighted by Crippen LogP contribution is -2.38. The molecule has 0 aliphatic heterocycles. The van der Waals surface area contributed by atoms with Gasteiger partial charge in [-0.05, 0) is 44.4 Å². The van der Waals surface area contributed by atoms with Gasteiger partial charge in [0.1, 0.15) is 0 Å². The monoisotopic (exact) mass is 438 g/mol. The number of hydrogen-bond acceptors (Lipinski definition) is 2. The molecule has 2 aromatic rings. The van der Waals surface area contributed by atoms with Crippen molar-refractivity contribution >= 4 is 29.9 Å². The van der Waals surface area contributed by atoms with Gasteiger partial charge in [-0.2, -0.15) is 0 Å². The fourth-order valence-electron chi connectivity index (χ4n) is 2.18. The Morgan fingerprint density at radius 2 is 1.71 bits per heavy atom. The summed E-state index contributed by atoms with van der Waals surface area (Å²) < 4.78 is 0. The van der Waals surface area contributed by atoms with Crippen molar-refractivity contribution in [2.24, 2.45) is 4.99 Å². The molecule has 1 aromatic carbocycles. The summed E-state index contributed by atoms with van der Waals surface area (Å²) in [7, 11) is 0. The molecule has 0 fully saturated rings. The summed E-state index contributed by atoms with van der Waals surface area (Å²) >= 11 is 0. The third kappa shape index (κ3) is 7.29. The van der Waals surface area contributed by atoms with Crippen LogP contribution in [0.4, 0.5) is 0 Å². The van der Waals surface area contributed by atoms with Gasteiger partial charge in [0.05, 0.1) is 6.54 Å². The van der Waals surface area contributed by atoms with Crippen LogP contribution in [0.5, 0.6) is 0 Å². The molecule has 0 atom stereocenters. The summed E-state index contributed by atoms with van der Waals surface area (Å²) in [5, 5.41) is 6.66. The lowest BCUT2D eigenvalue weighted by Gasteiger charge is -2.11. The van der Waals surface area contributed by atoms with E-state index in [-0.39, 0.29) is 24.0 Å². The van der Waals surface area contributed by atoms with E-state index in [1.807, 2.05) is 19.2 Å². The van der Waals surface area contributed by atoms with Crippen LogP contribution in [0.2, 0.25) is 0 Å². The van der Waals surface area contributed by atoms with E-state index in [2.05, 4.69) is 64.8 Å². The number of halogens is 1. The van der Waals surface area contributed by atoms with Crippen LogP contribution in [0, 0.1) is 13.8 Å². The zero-order valence-electron chi connectivity index (χ0n) is 14.7. The number of guanidine groups is 1. The molecule has 0 saturated heterocycles. The molecule has 0 aliphatic carbocycles. The van der Waals surface area contributed by atoms with Crippen molar-refractivity contribution in [1.82, 2.24) is 15.6 Å². The maximum absolute atomic E-state index is 4.64. The minimum Gasteiger partial charge on any atom is -0.357 e. The van der Waals surface area contributed by atoms with Crippen molar-refractivity contribution in [3.05, 3.63) is 65.0 Å². The quantitative estimate of drug-likeness (QED) is 0.412. The Morgan fingerprint density at radius 3 is 2.33 bits per heavy atom. The average Bonchev–Trinajstić information content (AvgIpc) is 2.56. The van der Waals surface area contributed by atoms with Gasteiger partial charge >= 0.3 is 0 Å². The molecule has 2 N–H and O–H groups in total. The summed E-state index contributed by atoms with van der Waals surface area (Å²) in [5.41, 5.74) is 4.78. The van der Waals surface area contributed by atoms with E-state index in [0.29, 0.717) is 6.54 Å². The highest BCUT2D eigenvalue weighted by Crippen LogP contribution is 2.04. The van der Waals surface area contributed by atoms with Crippen molar-refractivity contribution in [2.75, 3.05) is 13.1 Å². The number of aryl methyl sites for hydroxylation is 2. The van der Waals surface area contributed by atoms with E-state index in [1.165, 1.54) is 16.7 Å². The van der Waals surface area contributed by atoms with E-state index in [4.69, 9.17) is 0 Å². The standard InChI is InChI=1S/C19H26N4.HI/c1-4-20-19(23-14-17-8-5-15(2)6-9-17)21-12-11-18-10-7-16(3)22-13-18;/h5-10,13H,4,11-12,14H2,1-3H3,(H2,20,21,23);1H. The molecule has 0 amide bonds. The maximum atomic E-state index is 4.64. The Morgan fingerprint density at radius 1 is 1.00 bits per heavy atom. The number of hydrogen-bond donors (Lipinski definition) is 2. The van der Waals surface area contributed by atoms with E-state index < -0.39 is 0 Å². The van der Waals surface area contributed by atoms with E-state index in [0.717, 1.165) is 31.2 Å². The van der Waals surface area contributed by atoms with E-state index in [9.17, 15) is 0 Å². The smallest absolute Gasteiger partial charge is 0.191 e. The molecule has 0 spiro atoms. The van der Waals surface area contributed by atoms with Crippen molar-refractivity contribution in [1.29, 1.82) is 0 Å². The SMILES string of the molecule is CCNC(=NCc1ccc(C)cc1)NCCc1ccc(C)nc1.I. The highest BCUT2D eigenvalue weighted by atomic mass is 127. The van der Waals surface area contributed by atoms with Crippen LogP contribution >= 0.6 is 24.0 Å². The van der Waals surface area contributed by atoms with Crippen molar-refractivity contribution in [2.45, 2.75) is 33.7 Å². The number of nitrogens with one attached hydrogen (secondary N) is 2. The summed E-state index contributed by atoms with van der Waals surface area (Å²) in [6.07, 6.45) is 2.87. The summed E-state index contributed by atoms with van der Waals surface area (Å²) in [5.74, 6) is 0.855. The van der Waals surface area contributed by atoms with Crippen LogP contribution in [0.25, 0.3) is 0 Å². The topological polar surface area (TPSA) is 49.3 Å². The number of aromatic nitrogens is 1. The molecule has 130 valence electrons. The normalized spacial score (nSPS) is 10.9. The summed E-state index contributed by atoms with van der Waals surface area (Å²) in [4.78, 5) is 8.96. The Kier molecular flexibility index (Phi) is 9.37. The zero-order chi connectivity index (χ0) is 16.5. The van der Waals surface area contributed by atoms with Crippen molar-refractivity contribution in [3.63, 3.8) is 0 Å². The molecule has 5 heteroatoms. The van der Waals surface area contributed by atoms with Gasteiger partial charge in [-0.3, -0.25) is 4.98 Å². The molecule has 0 aliphatic rings. The number of rotatable bonds is 6. The summed E-state index contributed by atoms with van der Waals surface area (Å²) in [6, 6.07) is 12.7. The third-order valence-corrected chi connectivity index (χ3v) is 3.56. The maximum Gasteiger partial charge on any atom is 0.191 e. The van der Waals surface area contributed by atoms with Crippen LogP contribution in [-0.2, 0) is 13.0 Å². The molecule has 24 heavy (non-hydrogen) atoms. The first-order valence-electron chi connectivity index (χ1n) is 8.16. The van der Waals surface area contributed by atoms with Gasteiger partial charge in [-0.1, -0.05) is 35.9 Å². The van der Waals surface area contributed by atoms with Gasteiger partial charge in [-0.15, -0.1) is 24.0 Å². The lowest BCUT2D eigenvalue weighted by atomic mass is 10.1. The predicted octanol–water partition coefficient (Wildman–Crippen LogP) is 3.61. The van der Waals surface area contributed by atoms with Gasteiger partial charge in [0.25, 0.3) is 0 Å². The van der Waals surface area contributed by atoms with Crippen molar-refractivity contribution < 1.29 is 0 Å². The Balaban J connectivity index is 0.00000288. The highest BCUT2D eigenvalue weighted by Gasteiger charge is 1.99. The van der Waals surface area contributed by atoms with E-state index in [1.54, 1.807) is 0 Å². The Hall–Kier alpha value is -1.63. The number of benzene rings is 1. The van der Waals surface area contributed by atoms with Gasteiger partial charge < -0.3 is 10.6 Å². The van der Waals surface area contributed by atoms with Gasteiger partial charge in [-0.25, -0.2) is 4.99 Å². The van der Waals surface area contributed by atoms with Gasteiger partial charge in [0.2, 0.25) is 0 Å². The molecule has 1 heterocycles. The predicted molar refractivity (Wildman–Crippen MR) is 112 cm³/mol. The fourth-order valence-corrected chi connectivity index (χ4v) is 2.18. The van der Waals surface area contributed by atoms with Gasteiger partial charge in [0, 0.05) is 25.0 Å². The summed E-state index contributed by atoms with van der Waals surface area (Å²) in [6.45, 7) is 8.55. The number of nitrogens with zero attached hydrogens (tertiary/aromatic N) is 2. The Labute approximate surface area is 162 Å². The van der Waals surface area contributed by atoms with Gasteiger partial charge in [0.15, 0.2) is 5.96 Å². The van der Waals surface area contributed by atoms with Crippen LogP contribution < -0.4 is 10.6 Å². The molecular formula is C19H27IN4. The first-order valence-corrected chi connectivity index (χ1v) is 8.16. The second-order valence-electron chi connectivity index (χ2n) is 5.67. The molecule has 0 radical (unpaired) electrons. The molecule has 4 nitrogen and oxygen atoms in total. The fraction of sp³-hybridized carbons (Fsp3) is 0.368. The number of pyridine rings is 1. The second kappa shape index (κ2) is 11.0. The molecule has 0 bridgehead atoms. The zero-order valence-corrected chi connectivity index (χ0v) is 17.0.